The number of hydrogen-bond donors (Lipinski definition) is 2. The highest BCUT2D eigenvalue weighted by molar-refractivity contribution is 5.65. The predicted molar refractivity (Wildman–Crippen MR) is 64.8 cm³/mol. The minimum Gasteiger partial charge on any atom is -0.465 e. The van der Waals surface area contributed by atoms with E-state index in [4.69, 9.17) is 5.11 Å². The zero-order valence-electron chi connectivity index (χ0n) is 9.88. The molecular formula is C11H12FN3O4. The van der Waals surface area contributed by atoms with Gasteiger partial charge >= 0.3 is 6.09 Å². The van der Waals surface area contributed by atoms with Crippen LogP contribution in [0.3, 0.4) is 0 Å². The van der Waals surface area contributed by atoms with Crippen molar-refractivity contribution in [3.63, 3.8) is 0 Å². The molecule has 0 saturated carbocycles. The van der Waals surface area contributed by atoms with Gasteiger partial charge in [0.1, 0.15) is 0 Å². The van der Waals surface area contributed by atoms with Gasteiger partial charge in [0.05, 0.1) is 22.7 Å². The zero-order chi connectivity index (χ0) is 14.0. The lowest BCUT2D eigenvalue weighted by Gasteiger charge is -2.19. The number of carboxylic acid groups (broad SMARTS) is 1. The first-order valence-electron chi connectivity index (χ1n) is 5.65. The molecule has 1 unspecified atom stereocenters. The molecule has 1 aromatic carbocycles. The van der Waals surface area contributed by atoms with Crippen molar-refractivity contribution in [1.82, 2.24) is 5.32 Å². The largest absolute Gasteiger partial charge is 0.465 e. The molecule has 1 aromatic rings. The lowest BCUT2D eigenvalue weighted by Crippen LogP contribution is -2.36. The lowest BCUT2D eigenvalue weighted by molar-refractivity contribution is -0.385. The molecule has 102 valence electrons. The van der Waals surface area contributed by atoms with Gasteiger partial charge in [0, 0.05) is 19.2 Å². The summed E-state index contributed by atoms with van der Waals surface area (Å²) in [6, 6.07) is 3.19. The van der Waals surface area contributed by atoms with E-state index >= 15 is 0 Å². The highest BCUT2D eigenvalue weighted by Crippen LogP contribution is 2.26. The Kier molecular flexibility index (Phi) is 3.50. The van der Waals surface area contributed by atoms with Crippen LogP contribution in [0.2, 0.25) is 0 Å². The summed E-state index contributed by atoms with van der Waals surface area (Å²) in [4.78, 5) is 22.0. The van der Waals surface area contributed by atoms with E-state index in [1.807, 2.05) is 0 Å². The summed E-state index contributed by atoms with van der Waals surface area (Å²) in [6.45, 7) is 0.848. The van der Waals surface area contributed by atoms with Gasteiger partial charge < -0.3 is 15.3 Å². The molecule has 0 aliphatic carbocycles. The summed E-state index contributed by atoms with van der Waals surface area (Å²) in [5, 5.41) is 21.4. The molecule has 7 nitrogen and oxygen atoms in total. The fourth-order valence-corrected chi connectivity index (χ4v) is 2.14. The second-order valence-electron chi connectivity index (χ2n) is 4.27. The van der Waals surface area contributed by atoms with E-state index in [0.29, 0.717) is 19.5 Å². The summed E-state index contributed by atoms with van der Waals surface area (Å²) >= 11 is 0. The minimum absolute atomic E-state index is 0.250. The zero-order valence-corrected chi connectivity index (χ0v) is 9.88. The van der Waals surface area contributed by atoms with Crippen LogP contribution >= 0.6 is 0 Å². The summed E-state index contributed by atoms with van der Waals surface area (Å²) in [5.41, 5.74) is -0.0547. The van der Waals surface area contributed by atoms with Crippen molar-refractivity contribution in [3.8, 4) is 0 Å². The molecule has 19 heavy (non-hydrogen) atoms. The second kappa shape index (κ2) is 5.09. The van der Waals surface area contributed by atoms with Gasteiger partial charge in [-0.25, -0.2) is 9.18 Å². The van der Waals surface area contributed by atoms with Crippen LogP contribution in [0.5, 0.6) is 0 Å². The molecule has 0 aromatic heterocycles. The number of non-ortho nitro benzene ring substituents is 1. The molecule has 8 heteroatoms. The van der Waals surface area contributed by atoms with Crippen LogP contribution in [0.15, 0.2) is 18.2 Å². The average Bonchev–Trinajstić information content (AvgIpc) is 2.76. The Morgan fingerprint density at radius 3 is 2.89 bits per heavy atom. The molecule has 2 N–H and O–H groups in total. The van der Waals surface area contributed by atoms with E-state index in [2.05, 4.69) is 5.32 Å². The van der Waals surface area contributed by atoms with Crippen molar-refractivity contribution >= 4 is 17.5 Å². The maximum absolute atomic E-state index is 13.8. The van der Waals surface area contributed by atoms with Crippen LogP contribution in [0.25, 0.3) is 0 Å². The van der Waals surface area contributed by atoms with E-state index in [-0.39, 0.29) is 17.4 Å². The summed E-state index contributed by atoms with van der Waals surface area (Å²) in [6.07, 6.45) is -0.543. The van der Waals surface area contributed by atoms with Crippen LogP contribution < -0.4 is 10.2 Å². The molecule has 1 amide bonds. The number of rotatable bonds is 3. The topological polar surface area (TPSA) is 95.7 Å². The fourth-order valence-electron chi connectivity index (χ4n) is 2.14. The van der Waals surface area contributed by atoms with Gasteiger partial charge in [0.2, 0.25) is 0 Å². The smallest absolute Gasteiger partial charge is 0.404 e. The second-order valence-corrected chi connectivity index (χ2v) is 4.27. The summed E-state index contributed by atoms with van der Waals surface area (Å²) < 4.78 is 13.8. The van der Waals surface area contributed by atoms with Gasteiger partial charge in [-0.2, -0.15) is 0 Å². The number of nitrogens with zero attached hydrogens (tertiary/aromatic N) is 2. The number of amides is 1. The molecule has 0 bridgehead atoms. The molecule has 2 rings (SSSR count). The van der Waals surface area contributed by atoms with Gasteiger partial charge in [0.25, 0.3) is 5.69 Å². The molecule has 1 aliphatic rings. The average molecular weight is 269 g/mol. The van der Waals surface area contributed by atoms with Gasteiger partial charge in [-0.15, -0.1) is 0 Å². The van der Waals surface area contributed by atoms with Crippen molar-refractivity contribution in [3.05, 3.63) is 34.1 Å². The lowest BCUT2D eigenvalue weighted by atomic mass is 10.2. The number of carbonyl (C=O) groups is 1. The minimum atomic E-state index is -1.11. The first-order valence-corrected chi connectivity index (χ1v) is 5.65. The number of nitro groups is 1. The number of nitrogens with one attached hydrogen (secondary N) is 1. The predicted octanol–water partition coefficient (Wildman–Crippen LogP) is 1.58. The van der Waals surface area contributed by atoms with Gasteiger partial charge in [-0.05, 0) is 12.5 Å². The normalized spacial score (nSPS) is 18.4. The Morgan fingerprint density at radius 1 is 1.58 bits per heavy atom. The van der Waals surface area contributed by atoms with Crippen molar-refractivity contribution in [1.29, 1.82) is 0 Å². The number of benzene rings is 1. The monoisotopic (exact) mass is 269 g/mol. The first-order chi connectivity index (χ1) is 8.97. The van der Waals surface area contributed by atoms with E-state index in [1.54, 1.807) is 4.90 Å². The highest BCUT2D eigenvalue weighted by atomic mass is 19.1. The highest BCUT2D eigenvalue weighted by Gasteiger charge is 2.26. The SMILES string of the molecule is O=C(O)NC1CCN(c2ccc([N+](=O)[O-])cc2F)C1. The number of nitro benzene ring substituents is 1. The van der Waals surface area contributed by atoms with E-state index < -0.39 is 16.8 Å². The molecule has 0 radical (unpaired) electrons. The molecular weight excluding hydrogens is 257 g/mol. The number of halogens is 1. The molecule has 0 spiro atoms. The van der Waals surface area contributed by atoms with Crippen molar-refractivity contribution in [2.24, 2.45) is 0 Å². The van der Waals surface area contributed by atoms with Gasteiger partial charge in [-0.3, -0.25) is 10.1 Å². The third-order valence-electron chi connectivity index (χ3n) is 3.00. The first kappa shape index (κ1) is 13.1. The van der Waals surface area contributed by atoms with Crippen molar-refractivity contribution in [2.75, 3.05) is 18.0 Å². The summed E-state index contributed by atoms with van der Waals surface area (Å²) in [7, 11) is 0. The Hall–Kier alpha value is -2.38. The molecule has 1 saturated heterocycles. The Labute approximate surface area is 107 Å². The van der Waals surface area contributed by atoms with E-state index in [9.17, 15) is 19.3 Å². The Balaban J connectivity index is 2.11. The summed E-state index contributed by atoms with van der Waals surface area (Å²) in [5.74, 6) is -0.676. The van der Waals surface area contributed by atoms with Crippen molar-refractivity contribution < 1.29 is 19.2 Å². The number of hydrogen-bond acceptors (Lipinski definition) is 4. The third-order valence-corrected chi connectivity index (χ3v) is 3.00. The van der Waals surface area contributed by atoms with Crippen molar-refractivity contribution in [2.45, 2.75) is 12.5 Å². The quantitative estimate of drug-likeness (QED) is 0.641. The van der Waals surface area contributed by atoms with Gasteiger partial charge in [-0.1, -0.05) is 0 Å². The molecule has 1 heterocycles. The van der Waals surface area contributed by atoms with Crippen LogP contribution in [-0.2, 0) is 0 Å². The van der Waals surface area contributed by atoms with Crippen LogP contribution in [-0.4, -0.2) is 35.3 Å². The van der Waals surface area contributed by atoms with Crippen LogP contribution in [0.1, 0.15) is 6.42 Å². The molecule has 1 atom stereocenters. The number of anilines is 1. The van der Waals surface area contributed by atoms with Crippen LogP contribution in [0, 0.1) is 15.9 Å². The maximum atomic E-state index is 13.8. The fraction of sp³-hybridized carbons (Fsp3) is 0.364. The third kappa shape index (κ3) is 2.90. The maximum Gasteiger partial charge on any atom is 0.404 e. The Bertz CT molecular complexity index is 523. The Morgan fingerprint density at radius 2 is 2.32 bits per heavy atom. The van der Waals surface area contributed by atoms with E-state index in [0.717, 1.165) is 6.07 Å². The van der Waals surface area contributed by atoms with Gasteiger partial charge in [0.15, 0.2) is 5.82 Å². The standard InChI is InChI=1S/C11H12FN3O4/c12-9-5-8(15(18)19)1-2-10(9)14-4-3-7(6-14)13-11(16)17/h1-2,5,7,13H,3-4,6H2,(H,16,17). The van der Waals surface area contributed by atoms with Crippen LogP contribution in [0.4, 0.5) is 20.6 Å². The van der Waals surface area contributed by atoms with E-state index in [1.165, 1.54) is 12.1 Å². The molecule has 1 aliphatic heterocycles. The molecule has 1 fully saturated rings.